The van der Waals surface area contributed by atoms with Crippen molar-refractivity contribution in [3.63, 3.8) is 0 Å². The van der Waals surface area contributed by atoms with E-state index in [-0.39, 0.29) is 38.7 Å². The van der Waals surface area contributed by atoms with Crippen LogP contribution in [0, 0.1) is 22.7 Å². The molecule has 1 fully saturated rings. The lowest BCUT2D eigenvalue weighted by molar-refractivity contribution is -0.164. The molecule has 4 aromatic rings. The summed E-state index contributed by atoms with van der Waals surface area (Å²) < 4.78 is 7.14. The first-order valence-corrected chi connectivity index (χ1v) is 17.2. The van der Waals surface area contributed by atoms with Gasteiger partial charge in [-0.3, -0.25) is 9.59 Å². The molecule has 0 unspecified atom stereocenters. The number of ether oxygens (including phenoxy) is 1. The van der Waals surface area contributed by atoms with Crippen molar-refractivity contribution in [1.29, 1.82) is 5.26 Å². The average molecular weight is 825 g/mol. The number of aliphatic hydroxyl groups is 1. The molecule has 0 spiro atoms. The molecule has 0 radical (unpaired) electrons. The Morgan fingerprint density at radius 2 is 1.37 bits per heavy atom. The average Bonchev–Trinajstić information content (AvgIpc) is 3.03. The number of nitriles is 1. The predicted molar refractivity (Wildman–Crippen MR) is 188 cm³/mol. The molecular weight excluding hydrogens is 800 g/mol. The van der Waals surface area contributed by atoms with E-state index in [4.69, 9.17) is 51.1 Å². The topological polar surface area (TPSA) is 87.4 Å². The summed E-state index contributed by atoms with van der Waals surface area (Å²) >= 11 is 32.5. The van der Waals surface area contributed by atoms with Gasteiger partial charge in [0.25, 0.3) is 0 Å². The Bertz CT molecular complexity index is 1850. The highest BCUT2D eigenvalue weighted by molar-refractivity contribution is 9.10. The zero-order valence-corrected chi connectivity index (χ0v) is 30.3. The molecule has 236 valence electrons. The quantitative estimate of drug-likeness (QED) is 0.148. The molecule has 5 nitrogen and oxygen atoms in total. The molecule has 0 bridgehead atoms. The van der Waals surface area contributed by atoms with Gasteiger partial charge in [-0.15, -0.1) is 0 Å². The van der Waals surface area contributed by atoms with Crippen LogP contribution >= 0.6 is 78.3 Å². The highest BCUT2D eigenvalue weighted by Gasteiger charge is 2.67. The summed E-state index contributed by atoms with van der Waals surface area (Å²) in [6.07, 6.45) is -0.219. The minimum absolute atomic E-state index is 0.0350. The maximum Gasteiger partial charge on any atom is 0.327 e. The van der Waals surface area contributed by atoms with Crippen LogP contribution in [0.2, 0.25) is 20.1 Å². The fourth-order valence-corrected chi connectivity index (χ4v) is 7.68. The standard InChI is InChI=1S/C35H25Br2Cl4NO4/c1-2-46-33(44)34(18-42)25(20-5-13-26(38)28(40)15-20)17-35(45,22-7-11-24(37)12-8-22)31(32(43)19-3-9-23(36)10-4-19)30(34)21-6-14-27(39)29(41)16-21/h3-16,25,30-31,45H,2,17H2,1H3/t25-,30+,31+,34+,35-/m0/s1. The summed E-state index contributed by atoms with van der Waals surface area (Å²) in [7, 11) is 0. The van der Waals surface area contributed by atoms with E-state index in [1.165, 1.54) is 12.1 Å². The molecule has 0 heterocycles. The lowest BCUT2D eigenvalue weighted by Gasteiger charge is -2.54. The van der Waals surface area contributed by atoms with Gasteiger partial charge in [-0.05, 0) is 78.6 Å². The molecule has 46 heavy (non-hydrogen) atoms. The third-order valence-electron chi connectivity index (χ3n) is 8.61. The second kappa shape index (κ2) is 14.0. The fraction of sp³-hybridized carbons (Fsp3) is 0.229. The van der Waals surface area contributed by atoms with Crippen LogP contribution in [0.1, 0.15) is 52.2 Å². The van der Waals surface area contributed by atoms with E-state index in [0.29, 0.717) is 16.7 Å². The molecule has 1 aliphatic rings. The molecule has 0 amide bonds. The molecule has 1 aliphatic carbocycles. The Hall–Kier alpha value is -2.41. The number of halogens is 6. The summed E-state index contributed by atoms with van der Waals surface area (Å²) in [5.74, 6) is -5.03. The SMILES string of the molecule is CCOC(=O)[C@@]1(C#N)[C@H](c2ccc(Cl)c(Cl)c2)[C@H](C(=O)c2ccc(Br)cc2)[C@@](O)(c2ccc(Br)cc2)C[C@H]1c1ccc(Cl)c(Cl)c1. The third kappa shape index (κ3) is 6.26. The lowest BCUT2D eigenvalue weighted by atomic mass is 9.47. The Labute approximate surface area is 303 Å². The van der Waals surface area contributed by atoms with Gasteiger partial charge in [0, 0.05) is 26.3 Å². The van der Waals surface area contributed by atoms with E-state index >= 15 is 0 Å². The first kappa shape index (κ1) is 34.9. The van der Waals surface area contributed by atoms with Crippen molar-refractivity contribution in [3.8, 4) is 6.07 Å². The molecule has 0 saturated heterocycles. The molecule has 1 N–H and O–H groups in total. The number of rotatable bonds is 7. The van der Waals surface area contributed by atoms with E-state index in [0.717, 1.165) is 8.95 Å². The van der Waals surface area contributed by atoms with E-state index in [1.54, 1.807) is 79.7 Å². The van der Waals surface area contributed by atoms with Crippen LogP contribution in [0.5, 0.6) is 0 Å². The van der Waals surface area contributed by atoms with Crippen LogP contribution in [0.3, 0.4) is 0 Å². The molecule has 11 heteroatoms. The molecule has 5 rings (SSSR count). The van der Waals surface area contributed by atoms with Crippen molar-refractivity contribution in [2.45, 2.75) is 30.8 Å². The maximum absolute atomic E-state index is 14.9. The van der Waals surface area contributed by atoms with Crippen molar-refractivity contribution in [2.24, 2.45) is 11.3 Å². The van der Waals surface area contributed by atoms with Gasteiger partial charge in [-0.25, -0.2) is 0 Å². The van der Waals surface area contributed by atoms with Gasteiger partial charge in [0.1, 0.15) is 5.60 Å². The fourth-order valence-electron chi connectivity index (χ4n) is 6.54. The normalized spacial score (nSPS) is 24.2. The first-order valence-electron chi connectivity index (χ1n) is 14.1. The number of hydrogen-bond donors (Lipinski definition) is 1. The molecule has 0 aliphatic heterocycles. The van der Waals surface area contributed by atoms with Crippen LogP contribution in [0.15, 0.2) is 93.9 Å². The minimum atomic E-state index is -2.05. The minimum Gasteiger partial charge on any atom is -0.465 e. The van der Waals surface area contributed by atoms with Gasteiger partial charge in [0.2, 0.25) is 0 Å². The van der Waals surface area contributed by atoms with Crippen LogP contribution < -0.4 is 0 Å². The predicted octanol–water partition coefficient (Wildman–Crippen LogP) is 10.6. The second-order valence-corrected chi connectivity index (χ2v) is 14.5. The zero-order valence-electron chi connectivity index (χ0n) is 24.1. The molecule has 1 saturated carbocycles. The number of ketones is 1. The Morgan fingerprint density at radius 3 is 1.89 bits per heavy atom. The number of nitrogens with zero attached hydrogens (tertiary/aromatic N) is 1. The summed E-state index contributed by atoms with van der Waals surface area (Å²) in [6, 6.07) is 25.4. The van der Waals surface area contributed by atoms with Crippen molar-refractivity contribution < 1.29 is 19.4 Å². The zero-order chi connectivity index (χ0) is 33.4. The summed E-state index contributed by atoms with van der Waals surface area (Å²) in [4.78, 5) is 29.3. The maximum atomic E-state index is 14.9. The van der Waals surface area contributed by atoms with Gasteiger partial charge < -0.3 is 9.84 Å². The van der Waals surface area contributed by atoms with Gasteiger partial charge in [0.05, 0.1) is 38.7 Å². The largest absolute Gasteiger partial charge is 0.465 e. The van der Waals surface area contributed by atoms with Gasteiger partial charge in [0.15, 0.2) is 11.2 Å². The smallest absolute Gasteiger partial charge is 0.327 e. The number of esters is 1. The lowest BCUT2D eigenvalue weighted by Crippen LogP contribution is -2.59. The molecule has 5 atom stereocenters. The number of carbonyl (C=O) groups excluding carboxylic acids is 2. The van der Waals surface area contributed by atoms with Gasteiger partial charge in [-0.1, -0.05) is 115 Å². The Morgan fingerprint density at radius 1 is 0.848 bits per heavy atom. The number of carbonyl (C=O) groups is 2. The first-order chi connectivity index (χ1) is 21.9. The monoisotopic (exact) mass is 821 g/mol. The summed E-state index contributed by atoms with van der Waals surface area (Å²) in [6.45, 7) is 1.60. The van der Waals surface area contributed by atoms with Gasteiger partial charge in [-0.2, -0.15) is 5.26 Å². The summed E-state index contributed by atoms with van der Waals surface area (Å²) in [5.41, 5.74) is -2.49. The molecular formula is C35H25Br2Cl4NO4. The van der Waals surface area contributed by atoms with Crippen molar-refractivity contribution >= 4 is 90.0 Å². The number of hydrogen-bond acceptors (Lipinski definition) is 5. The van der Waals surface area contributed by atoms with E-state index < -0.39 is 40.5 Å². The van der Waals surface area contributed by atoms with Crippen LogP contribution in [-0.2, 0) is 15.1 Å². The summed E-state index contributed by atoms with van der Waals surface area (Å²) in [5, 5.41) is 25.2. The van der Waals surface area contributed by atoms with Crippen LogP contribution in [0.4, 0.5) is 0 Å². The third-order valence-corrected chi connectivity index (χ3v) is 11.1. The molecule has 0 aromatic heterocycles. The van der Waals surface area contributed by atoms with Crippen LogP contribution in [-0.4, -0.2) is 23.5 Å². The van der Waals surface area contributed by atoms with E-state index in [1.807, 2.05) is 0 Å². The highest BCUT2D eigenvalue weighted by atomic mass is 79.9. The second-order valence-electron chi connectivity index (χ2n) is 11.1. The van der Waals surface area contributed by atoms with E-state index in [2.05, 4.69) is 37.9 Å². The van der Waals surface area contributed by atoms with Gasteiger partial charge >= 0.3 is 5.97 Å². The highest BCUT2D eigenvalue weighted by Crippen LogP contribution is 2.64. The number of Topliss-reactive ketones (excluding diaryl/α,β-unsaturated/α-hetero) is 1. The van der Waals surface area contributed by atoms with E-state index in [9.17, 15) is 20.0 Å². The van der Waals surface area contributed by atoms with Crippen molar-refractivity contribution in [3.05, 3.63) is 136 Å². The van der Waals surface area contributed by atoms with Crippen molar-refractivity contribution in [2.75, 3.05) is 6.61 Å². The van der Waals surface area contributed by atoms with Crippen molar-refractivity contribution in [1.82, 2.24) is 0 Å². The van der Waals surface area contributed by atoms with Crippen LogP contribution in [0.25, 0.3) is 0 Å². The molecule has 4 aromatic carbocycles. The number of benzene rings is 4. The Balaban J connectivity index is 1.93. The Kier molecular flexibility index (Phi) is 10.6.